The zero-order valence-corrected chi connectivity index (χ0v) is 21.1. The van der Waals surface area contributed by atoms with Crippen LogP contribution >= 0.6 is 11.6 Å². The molecule has 1 aliphatic rings. The highest BCUT2D eigenvalue weighted by Crippen LogP contribution is 2.33. The number of rotatable bonds is 6. The van der Waals surface area contributed by atoms with Gasteiger partial charge in [-0.05, 0) is 48.1 Å². The molecule has 0 atom stereocenters. The summed E-state index contributed by atoms with van der Waals surface area (Å²) in [6, 6.07) is 16.4. The molecule has 2 aromatic carbocycles. The number of benzene rings is 2. The van der Waals surface area contributed by atoms with Gasteiger partial charge in [0.05, 0.1) is 17.9 Å². The summed E-state index contributed by atoms with van der Waals surface area (Å²) in [7, 11) is 1.73. The normalized spacial score (nSPS) is 13.5. The molecule has 5 rings (SSSR count). The van der Waals surface area contributed by atoms with Gasteiger partial charge in [0.1, 0.15) is 5.69 Å². The van der Waals surface area contributed by atoms with Crippen LogP contribution in [0.4, 0.5) is 0 Å². The van der Waals surface area contributed by atoms with E-state index in [2.05, 4.69) is 5.10 Å². The number of carbonyl (C=O) groups is 2. The number of Topliss-reactive ketones (excluding diaryl/α,β-unsaturated/α-hetero) is 1. The Morgan fingerprint density at radius 1 is 1.00 bits per heavy atom. The van der Waals surface area contributed by atoms with Crippen molar-refractivity contribution >= 4 is 34.1 Å². The van der Waals surface area contributed by atoms with Crippen LogP contribution < -0.4 is 5.56 Å². The summed E-state index contributed by atoms with van der Waals surface area (Å²) in [6.07, 6.45) is 2.22. The topological polar surface area (TPSA) is 77.2 Å². The molecule has 36 heavy (non-hydrogen) atoms. The number of aromatic nitrogens is 3. The number of halogens is 1. The minimum atomic E-state index is -0.295. The molecule has 0 bridgehead atoms. The Hall–Kier alpha value is -3.71. The molecule has 0 unspecified atom stereocenters. The summed E-state index contributed by atoms with van der Waals surface area (Å²) in [6.45, 7) is 3.32. The van der Waals surface area contributed by atoms with Gasteiger partial charge in [-0.1, -0.05) is 48.9 Å². The van der Waals surface area contributed by atoms with Gasteiger partial charge in [-0.15, -0.1) is 0 Å². The smallest absolute Gasteiger partial charge is 0.272 e. The highest BCUT2D eigenvalue weighted by atomic mass is 35.5. The number of nitrogens with zero attached hydrogens (tertiary/aromatic N) is 4. The second kappa shape index (κ2) is 9.74. The lowest BCUT2D eigenvalue weighted by Crippen LogP contribution is -2.29. The van der Waals surface area contributed by atoms with Crippen LogP contribution in [0.15, 0.2) is 59.4 Å². The Bertz CT molecular complexity index is 1530. The van der Waals surface area contributed by atoms with E-state index in [0.717, 1.165) is 31.5 Å². The predicted molar refractivity (Wildman–Crippen MR) is 141 cm³/mol. The lowest BCUT2D eigenvalue weighted by atomic mass is 9.94. The standard InChI is InChI=1S/C28H27ClN4O3/c1-3-24(34)26-25(18-9-5-4-6-10-18)22-15-19(29)11-12-21(22)27(35)33(26)17-20-16-23(31(2)30-20)28(36)32-13-7-8-14-32/h4-6,9-12,15-16H,3,7-8,13-14,17H2,1-2H3. The fourth-order valence-corrected chi connectivity index (χ4v) is 5.14. The Balaban J connectivity index is 1.71. The predicted octanol–water partition coefficient (Wildman–Crippen LogP) is 4.93. The van der Waals surface area contributed by atoms with Gasteiger partial charge in [0.15, 0.2) is 5.78 Å². The maximum Gasteiger partial charge on any atom is 0.272 e. The van der Waals surface area contributed by atoms with Crippen molar-refractivity contribution in [2.24, 2.45) is 7.05 Å². The zero-order chi connectivity index (χ0) is 25.4. The summed E-state index contributed by atoms with van der Waals surface area (Å²) >= 11 is 6.33. The van der Waals surface area contributed by atoms with E-state index in [9.17, 15) is 14.4 Å². The average Bonchev–Trinajstić information content (AvgIpc) is 3.55. The SMILES string of the molecule is CCC(=O)c1c(-c2ccccc2)c2cc(Cl)ccc2c(=O)n1Cc1cc(C(=O)N2CCCC2)n(C)n1. The third-order valence-electron chi connectivity index (χ3n) is 6.74. The maximum absolute atomic E-state index is 13.8. The lowest BCUT2D eigenvalue weighted by Gasteiger charge is -2.19. The van der Waals surface area contributed by atoms with E-state index in [1.807, 2.05) is 35.2 Å². The number of aryl methyl sites for hydroxylation is 1. The van der Waals surface area contributed by atoms with E-state index in [0.29, 0.717) is 38.4 Å². The molecule has 7 nitrogen and oxygen atoms in total. The highest BCUT2D eigenvalue weighted by molar-refractivity contribution is 6.31. The second-order valence-electron chi connectivity index (χ2n) is 9.09. The maximum atomic E-state index is 13.8. The van der Waals surface area contributed by atoms with Gasteiger partial charge in [0, 0.05) is 42.5 Å². The van der Waals surface area contributed by atoms with Crippen LogP contribution in [0.3, 0.4) is 0 Å². The van der Waals surface area contributed by atoms with E-state index in [4.69, 9.17) is 11.6 Å². The van der Waals surface area contributed by atoms with Gasteiger partial charge in [0.2, 0.25) is 0 Å². The van der Waals surface area contributed by atoms with E-state index in [1.165, 1.54) is 4.57 Å². The van der Waals surface area contributed by atoms with Crippen LogP contribution in [0, 0.1) is 0 Å². The first-order valence-electron chi connectivity index (χ1n) is 12.2. The van der Waals surface area contributed by atoms with Crippen LogP contribution in [0.5, 0.6) is 0 Å². The largest absolute Gasteiger partial charge is 0.337 e. The molecule has 8 heteroatoms. The van der Waals surface area contributed by atoms with Gasteiger partial charge in [-0.25, -0.2) is 0 Å². The first-order valence-corrected chi connectivity index (χ1v) is 12.5. The number of likely N-dealkylation sites (tertiary alicyclic amines) is 1. The molecule has 1 saturated heterocycles. The Kier molecular flexibility index (Phi) is 6.49. The molecule has 0 N–H and O–H groups in total. The monoisotopic (exact) mass is 502 g/mol. The van der Waals surface area contributed by atoms with Crippen LogP contribution in [-0.2, 0) is 13.6 Å². The molecule has 0 spiro atoms. The number of pyridine rings is 1. The summed E-state index contributed by atoms with van der Waals surface area (Å²) in [5.74, 6) is -0.221. The average molecular weight is 503 g/mol. The number of carbonyl (C=O) groups excluding carboxylic acids is 2. The van der Waals surface area contributed by atoms with Crippen molar-refractivity contribution in [2.45, 2.75) is 32.7 Å². The Morgan fingerprint density at radius 2 is 1.72 bits per heavy atom. The summed E-state index contributed by atoms with van der Waals surface area (Å²) in [4.78, 5) is 42.0. The number of amides is 1. The first-order chi connectivity index (χ1) is 17.4. The molecule has 0 radical (unpaired) electrons. The number of ketones is 1. The summed E-state index contributed by atoms with van der Waals surface area (Å²) < 4.78 is 3.05. The van der Waals surface area contributed by atoms with Gasteiger partial charge >= 0.3 is 0 Å². The van der Waals surface area contributed by atoms with Crippen LogP contribution in [0.2, 0.25) is 5.02 Å². The molecule has 0 saturated carbocycles. The Labute approximate surface area is 213 Å². The molecule has 2 aromatic heterocycles. The van der Waals surface area contributed by atoms with Crippen LogP contribution in [-0.4, -0.2) is 44.0 Å². The molecule has 1 aliphatic heterocycles. The van der Waals surface area contributed by atoms with E-state index >= 15 is 0 Å². The Morgan fingerprint density at radius 3 is 2.42 bits per heavy atom. The van der Waals surface area contributed by atoms with Crippen molar-refractivity contribution in [1.29, 1.82) is 0 Å². The molecular weight excluding hydrogens is 476 g/mol. The van der Waals surface area contributed by atoms with Gasteiger partial charge < -0.3 is 4.90 Å². The second-order valence-corrected chi connectivity index (χ2v) is 9.53. The van der Waals surface area contributed by atoms with Crippen molar-refractivity contribution in [2.75, 3.05) is 13.1 Å². The summed E-state index contributed by atoms with van der Waals surface area (Å²) in [5.41, 5.74) is 2.53. The van der Waals surface area contributed by atoms with Crippen molar-refractivity contribution in [3.05, 3.63) is 87.1 Å². The molecule has 184 valence electrons. The van der Waals surface area contributed by atoms with E-state index in [1.54, 1.807) is 42.9 Å². The van der Waals surface area contributed by atoms with Crippen LogP contribution in [0.1, 0.15) is 52.9 Å². The van der Waals surface area contributed by atoms with Gasteiger partial charge in [-0.2, -0.15) is 5.10 Å². The van der Waals surface area contributed by atoms with Crippen molar-refractivity contribution in [3.63, 3.8) is 0 Å². The van der Waals surface area contributed by atoms with Gasteiger partial charge in [-0.3, -0.25) is 23.6 Å². The van der Waals surface area contributed by atoms with E-state index in [-0.39, 0.29) is 30.2 Å². The fraction of sp³-hybridized carbons (Fsp3) is 0.286. The number of fused-ring (bicyclic) bond motifs is 1. The van der Waals surface area contributed by atoms with Crippen molar-refractivity contribution in [3.8, 4) is 11.1 Å². The lowest BCUT2D eigenvalue weighted by molar-refractivity contribution is 0.0781. The molecule has 1 fully saturated rings. The van der Waals surface area contributed by atoms with Crippen molar-refractivity contribution in [1.82, 2.24) is 19.2 Å². The molecule has 4 aromatic rings. The third-order valence-corrected chi connectivity index (χ3v) is 6.98. The third kappa shape index (κ3) is 4.24. The van der Waals surface area contributed by atoms with Crippen LogP contribution in [0.25, 0.3) is 21.9 Å². The fourth-order valence-electron chi connectivity index (χ4n) is 4.97. The first kappa shape index (κ1) is 24.0. The minimum Gasteiger partial charge on any atom is -0.337 e. The summed E-state index contributed by atoms with van der Waals surface area (Å²) in [5, 5.41) is 6.13. The number of hydrogen-bond donors (Lipinski definition) is 0. The highest BCUT2D eigenvalue weighted by Gasteiger charge is 2.26. The quantitative estimate of drug-likeness (QED) is 0.350. The van der Waals surface area contributed by atoms with E-state index < -0.39 is 0 Å². The molecule has 3 heterocycles. The minimum absolute atomic E-state index is 0.0657. The van der Waals surface area contributed by atoms with Gasteiger partial charge in [0.25, 0.3) is 11.5 Å². The molecule has 0 aliphatic carbocycles. The zero-order valence-electron chi connectivity index (χ0n) is 20.3. The van der Waals surface area contributed by atoms with Crippen molar-refractivity contribution < 1.29 is 9.59 Å². The molecule has 1 amide bonds. The number of hydrogen-bond acceptors (Lipinski definition) is 4. The molecular formula is C28H27ClN4O3.